The molecule has 1 saturated heterocycles. The summed E-state index contributed by atoms with van der Waals surface area (Å²) in [5.41, 5.74) is 1.89. The van der Waals surface area contributed by atoms with Crippen molar-refractivity contribution in [2.75, 3.05) is 26.9 Å². The number of para-hydroxylation sites is 2. The summed E-state index contributed by atoms with van der Waals surface area (Å²) in [7, 11) is 1.60. The van der Waals surface area contributed by atoms with Gasteiger partial charge in [-0.25, -0.2) is 0 Å². The van der Waals surface area contributed by atoms with Gasteiger partial charge < -0.3 is 14.2 Å². The number of methoxy groups -OCH3 is 1. The van der Waals surface area contributed by atoms with E-state index in [0.29, 0.717) is 46.9 Å². The summed E-state index contributed by atoms with van der Waals surface area (Å²) in [5.74, 6) is 2.04. The van der Waals surface area contributed by atoms with E-state index in [1.807, 2.05) is 62.4 Å². The normalized spacial score (nSPS) is 15.0. The Balaban J connectivity index is 1.67. The highest BCUT2D eigenvalue weighted by molar-refractivity contribution is 8.26. The predicted octanol–water partition coefficient (Wildman–Crippen LogP) is 5.07. The molecule has 0 aromatic heterocycles. The van der Waals surface area contributed by atoms with Gasteiger partial charge in [-0.15, -0.1) is 0 Å². The van der Waals surface area contributed by atoms with Gasteiger partial charge in [0.05, 0.1) is 25.2 Å². The molecule has 0 aliphatic carbocycles. The van der Waals surface area contributed by atoms with Gasteiger partial charge in [0, 0.05) is 18.5 Å². The summed E-state index contributed by atoms with van der Waals surface area (Å²) in [5, 5.41) is 0. The molecule has 1 aliphatic heterocycles. The number of hydrogen-bond donors (Lipinski definition) is 0. The standard InChI is InChI=1S/C23H25NO4S2/c1-4-24-22(25)20(30-23(24)29)15-17-10-7-12-19(26-3)21(17)28-14-8-13-27-18-11-6-5-9-16(18)2/h5-7,9-12,15H,4,8,13-14H2,1-3H3/b20-15-. The van der Waals surface area contributed by atoms with Crippen LogP contribution in [0, 0.1) is 6.92 Å². The number of carbonyl (C=O) groups is 1. The van der Waals surface area contributed by atoms with Crippen molar-refractivity contribution in [1.82, 2.24) is 4.90 Å². The molecule has 0 unspecified atom stereocenters. The number of hydrogen-bond acceptors (Lipinski definition) is 6. The fourth-order valence-corrected chi connectivity index (χ4v) is 4.38. The summed E-state index contributed by atoms with van der Waals surface area (Å²) >= 11 is 6.60. The van der Waals surface area contributed by atoms with Crippen LogP contribution in [0.1, 0.15) is 24.5 Å². The summed E-state index contributed by atoms with van der Waals surface area (Å²) in [6, 6.07) is 13.5. The Morgan fingerprint density at radius 2 is 1.80 bits per heavy atom. The molecule has 2 aromatic carbocycles. The van der Waals surface area contributed by atoms with Crippen LogP contribution in [-0.4, -0.2) is 42.0 Å². The van der Waals surface area contributed by atoms with Gasteiger partial charge in [0.2, 0.25) is 0 Å². The Kier molecular flexibility index (Phi) is 7.76. The van der Waals surface area contributed by atoms with Gasteiger partial charge in [-0.3, -0.25) is 9.69 Å². The highest BCUT2D eigenvalue weighted by Gasteiger charge is 2.31. The van der Waals surface area contributed by atoms with Crippen molar-refractivity contribution in [2.24, 2.45) is 0 Å². The SMILES string of the molecule is CCN1C(=O)/C(=C/c2cccc(OC)c2OCCCOc2ccccc2C)SC1=S. The maximum Gasteiger partial charge on any atom is 0.266 e. The lowest BCUT2D eigenvalue weighted by Crippen LogP contribution is -2.27. The Bertz CT molecular complexity index is 958. The van der Waals surface area contributed by atoms with Crippen LogP contribution in [0.15, 0.2) is 47.4 Å². The average molecular weight is 444 g/mol. The molecule has 0 atom stereocenters. The van der Waals surface area contributed by atoms with E-state index in [4.69, 9.17) is 26.4 Å². The molecular weight excluding hydrogens is 418 g/mol. The number of benzene rings is 2. The van der Waals surface area contributed by atoms with Crippen LogP contribution in [0.2, 0.25) is 0 Å². The Hall–Kier alpha value is -2.51. The summed E-state index contributed by atoms with van der Waals surface area (Å²) in [6.07, 6.45) is 2.53. The van der Waals surface area contributed by atoms with Crippen molar-refractivity contribution in [3.63, 3.8) is 0 Å². The molecule has 1 amide bonds. The lowest BCUT2D eigenvalue weighted by atomic mass is 10.1. The Labute approximate surface area is 187 Å². The lowest BCUT2D eigenvalue weighted by Gasteiger charge is -2.14. The van der Waals surface area contributed by atoms with Gasteiger partial charge in [0.1, 0.15) is 10.1 Å². The lowest BCUT2D eigenvalue weighted by molar-refractivity contribution is -0.121. The van der Waals surface area contributed by atoms with E-state index in [1.54, 1.807) is 12.0 Å². The number of thioether (sulfide) groups is 1. The monoisotopic (exact) mass is 443 g/mol. The fraction of sp³-hybridized carbons (Fsp3) is 0.304. The zero-order valence-electron chi connectivity index (χ0n) is 17.3. The number of nitrogens with zero attached hydrogens (tertiary/aromatic N) is 1. The zero-order valence-corrected chi connectivity index (χ0v) is 19.0. The Morgan fingerprint density at radius 1 is 1.07 bits per heavy atom. The van der Waals surface area contributed by atoms with Gasteiger partial charge in [0.25, 0.3) is 5.91 Å². The van der Waals surface area contributed by atoms with Crippen molar-refractivity contribution < 1.29 is 19.0 Å². The van der Waals surface area contributed by atoms with Crippen molar-refractivity contribution in [2.45, 2.75) is 20.3 Å². The fourth-order valence-electron chi connectivity index (χ4n) is 3.01. The first-order chi connectivity index (χ1) is 14.5. The molecule has 1 heterocycles. The molecule has 1 fully saturated rings. The first kappa shape index (κ1) is 22.2. The van der Waals surface area contributed by atoms with E-state index in [-0.39, 0.29) is 5.91 Å². The molecule has 30 heavy (non-hydrogen) atoms. The minimum atomic E-state index is -0.0760. The number of rotatable bonds is 9. The number of carbonyl (C=O) groups excluding carboxylic acids is 1. The van der Waals surface area contributed by atoms with E-state index >= 15 is 0 Å². The molecule has 7 heteroatoms. The molecule has 1 aliphatic rings. The van der Waals surface area contributed by atoms with Gasteiger partial charge in [-0.05, 0) is 37.6 Å². The van der Waals surface area contributed by atoms with Gasteiger partial charge in [0.15, 0.2) is 11.5 Å². The maximum absolute atomic E-state index is 12.5. The molecule has 0 spiro atoms. The van der Waals surface area contributed by atoms with Gasteiger partial charge in [-0.1, -0.05) is 54.3 Å². The van der Waals surface area contributed by atoms with E-state index in [0.717, 1.165) is 16.9 Å². The Morgan fingerprint density at radius 3 is 2.50 bits per heavy atom. The highest BCUT2D eigenvalue weighted by atomic mass is 32.2. The highest BCUT2D eigenvalue weighted by Crippen LogP contribution is 2.37. The van der Waals surface area contributed by atoms with Gasteiger partial charge >= 0.3 is 0 Å². The largest absolute Gasteiger partial charge is 0.493 e. The topological polar surface area (TPSA) is 48.0 Å². The van der Waals surface area contributed by atoms with Crippen LogP contribution in [0.4, 0.5) is 0 Å². The number of amides is 1. The molecule has 158 valence electrons. The van der Waals surface area contributed by atoms with E-state index in [1.165, 1.54) is 11.8 Å². The van der Waals surface area contributed by atoms with Crippen LogP contribution >= 0.6 is 24.0 Å². The van der Waals surface area contributed by atoms with E-state index < -0.39 is 0 Å². The second kappa shape index (κ2) is 10.5. The minimum Gasteiger partial charge on any atom is -0.493 e. The zero-order chi connectivity index (χ0) is 21.5. The first-order valence-electron chi connectivity index (χ1n) is 9.78. The third-order valence-electron chi connectivity index (χ3n) is 4.59. The van der Waals surface area contributed by atoms with Gasteiger partial charge in [-0.2, -0.15) is 0 Å². The van der Waals surface area contributed by atoms with Crippen molar-refractivity contribution in [3.8, 4) is 17.2 Å². The van der Waals surface area contributed by atoms with Crippen LogP contribution in [-0.2, 0) is 4.79 Å². The number of aryl methyl sites for hydroxylation is 1. The molecule has 0 N–H and O–H groups in total. The molecule has 3 rings (SSSR count). The van der Waals surface area contributed by atoms with E-state index in [2.05, 4.69) is 0 Å². The molecule has 0 bridgehead atoms. The van der Waals surface area contributed by atoms with Crippen molar-refractivity contribution in [1.29, 1.82) is 0 Å². The second-order valence-corrected chi connectivity index (χ2v) is 8.30. The molecule has 2 aromatic rings. The quantitative estimate of drug-likeness (QED) is 0.306. The van der Waals surface area contributed by atoms with E-state index in [9.17, 15) is 4.79 Å². The summed E-state index contributed by atoms with van der Waals surface area (Å²) in [6.45, 7) is 5.50. The first-order valence-corrected chi connectivity index (χ1v) is 11.0. The predicted molar refractivity (Wildman–Crippen MR) is 125 cm³/mol. The number of ether oxygens (including phenoxy) is 3. The molecular formula is C23H25NO4S2. The van der Waals surface area contributed by atoms with Crippen molar-refractivity contribution >= 4 is 40.3 Å². The molecule has 0 saturated carbocycles. The summed E-state index contributed by atoms with van der Waals surface area (Å²) in [4.78, 5) is 14.7. The third-order valence-corrected chi connectivity index (χ3v) is 5.97. The number of thiocarbonyl (C=S) groups is 1. The third kappa shape index (κ3) is 5.15. The minimum absolute atomic E-state index is 0.0760. The smallest absolute Gasteiger partial charge is 0.266 e. The van der Waals surface area contributed by atoms with Crippen LogP contribution in [0.5, 0.6) is 17.2 Å². The van der Waals surface area contributed by atoms with Crippen LogP contribution in [0.25, 0.3) is 6.08 Å². The maximum atomic E-state index is 12.5. The van der Waals surface area contributed by atoms with Crippen LogP contribution in [0.3, 0.4) is 0 Å². The average Bonchev–Trinajstić information content (AvgIpc) is 3.02. The number of likely N-dealkylation sites (N-methyl/N-ethyl adjacent to an activating group) is 1. The van der Waals surface area contributed by atoms with Crippen LogP contribution < -0.4 is 14.2 Å². The molecule has 0 radical (unpaired) electrons. The molecule has 5 nitrogen and oxygen atoms in total. The summed E-state index contributed by atoms with van der Waals surface area (Å²) < 4.78 is 17.9. The van der Waals surface area contributed by atoms with Crippen molar-refractivity contribution in [3.05, 3.63) is 58.5 Å². The second-order valence-electron chi connectivity index (χ2n) is 6.62.